The van der Waals surface area contributed by atoms with Gasteiger partial charge >= 0.3 is 6.03 Å². The van der Waals surface area contributed by atoms with Crippen LogP contribution in [0.3, 0.4) is 0 Å². The van der Waals surface area contributed by atoms with Crippen LogP contribution in [0.15, 0.2) is 48.5 Å². The van der Waals surface area contributed by atoms with Gasteiger partial charge in [-0.05, 0) is 41.2 Å². The van der Waals surface area contributed by atoms with Crippen LogP contribution in [0.5, 0.6) is 0 Å². The van der Waals surface area contributed by atoms with Gasteiger partial charge < -0.3 is 10.6 Å². The minimum atomic E-state index is -0.252. The quantitative estimate of drug-likeness (QED) is 0.858. The molecule has 0 aromatic heterocycles. The first-order valence-corrected chi connectivity index (χ1v) is 7.75. The number of nitrogens with one attached hydrogen (secondary N) is 2. The molecule has 23 heavy (non-hydrogen) atoms. The number of halogens is 1. The third kappa shape index (κ3) is 5.09. The summed E-state index contributed by atoms with van der Waals surface area (Å²) < 4.78 is 12.8. The van der Waals surface area contributed by atoms with Crippen molar-refractivity contribution in [3.8, 4) is 0 Å². The number of urea groups is 1. The lowest BCUT2D eigenvalue weighted by Gasteiger charge is -2.23. The zero-order chi connectivity index (χ0) is 16.9. The van der Waals surface area contributed by atoms with Crippen LogP contribution in [0.2, 0.25) is 0 Å². The number of rotatable bonds is 4. The molecular weight excluding hydrogens is 291 g/mol. The first-order chi connectivity index (χ1) is 10.9. The van der Waals surface area contributed by atoms with Crippen LogP contribution < -0.4 is 10.6 Å². The highest BCUT2D eigenvalue weighted by molar-refractivity contribution is 5.90. The van der Waals surface area contributed by atoms with Crippen molar-refractivity contribution >= 4 is 11.7 Å². The fourth-order valence-electron chi connectivity index (χ4n) is 2.38. The Kier molecular flexibility index (Phi) is 5.37. The predicted molar refractivity (Wildman–Crippen MR) is 92.3 cm³/mol. The Morgan fingerprint density at radius 1 is 1.04 bits per heavy atom. The van der Waals surface area contributed by atoms with Gasteiger partial charge in [0.1, 0.15) is 5.82 Å². The van der Waals surface area contributed by atoms with Crippen molar-refractivity contribution in [2.24, 2.45) is 0 Å². The predicted octanol–water partition coefficient (Wildman–Crippen LogP) is 4.49. The molecule has 2 rings (SSSR count). The van der Waals surface area contributed by atoms with E-state index >= 15 is 0 Å². The van der Waals surface area contributed by atoms with E-state index in [9.17, 15) is 9.18 Å². The number of hydrogen-bond donors (Lipinski definition) is 2. The first kappa shape index (κ1) is 17.0. The number of hydrogen-bond acceptors (Lipinski definition) is 1. The molecule has 0 saturated carbocycles. The van der Waals surface area contributed by atoms with Crippen LogP contribution >= 0.6 is 0 Å². The molecule has 0 aliphatic heterocycles. The van der Waals surface area contributed by atoms with Crippen LogP contribution in [0, 0.1) is 5.82 Å². The number of amides is 2. The fourth-order valence-corrected chi connectivity index (χ4v) is 2.38. The topological polar surface area (TPSA) is 41.1 Å². The van der Waals surface area contributed by atoms with E-state index in [1.54, 1.807) is 12.1 Å². The summed E-state index contributed by atoms with van der Waals surface area (Å²) >= 11 is 0. The number of para-hydroxylation sites is 1. The highest BCUT2D eigenvalue weighted by atomic mass is 19.1. The average Bonchev–Trinajstić information content (AvgIpc) is 2.49. The second kappa shape index (κ2) is 7.27. The lowest BCUT2D eigenvalue weighted by molar-refractivity contribution is 0.252. The SMILES string of the molecule is CC(C)(C)c1ccccc1NC(=O)NCCc1ccc(F)cc1. The zero-order valence-corrected chi connectivity index (χ0v) is 13.8. The van der Waals surface area contributed by atoms with E-state index < -0.39 is 0 Å². The van der Waals surface area contributed by atoms with Gasteiger partial charge in [0.15, 0.2) is 0 Å². The van der Waals surface area contributed by atoms with Crippen LogP contribution in [0.25, 0.3) is 0 Å². The van der Waals surface area contributed by atoms with Gasteiger partial charge in [-0.3, -0.25) is 0 Å². The Balaban J connectivity index is 1.89. The maximum Gasteiger partial charge on any atom is 0.319 e. The van der Waals surface area contributed by atoms with Gasteiger partial charge in [-0.2, -0.15) is 0 Å². The van der Waals surface area contributed by atoms with E-state index in [0.29, 0.717) is 13.0 Å². The molecule has 3 nitrogen and oxygen atoms in total. The molecule has 0 spiro atoms. The Bertz CT molecular complexity index is 660. The molecule has 0 atom stereocenters. The van der Waals surface area contributed by atoms with Crippen molar-refractivity contribution in [3.63, 3.8) is 0 Å². The second-order valence-corrected chi connectivity index (χ2v) is 6.55. The van der Waals surface area contributed by atoms with Gasteiger partial charge in [-0.15, -0.1) is 0 Å². The molecule has 0 bridgehead atoms. The first-order valence-electron chi connectivity index (χ1n) is 7.75. The standard InChI is InChI=1S/C19H23FN2O/c1-19(2,3)16-6-4-5-7-17(16)22-18(23)21-13-12-14-8-10-15(20)11-9-14/h4-11H,12-13H2,1-3H3,(H2,21,22,23). The van der Waals surface area contributed by atoms with E-state index in [1.807, 2.05) is 24.3 Å². The van der Waals surface area contributed by atoms with E-state index in [2.05, 4.69) is 31.4 Å². The van der Waals surface area contributed by atoms with Crippen molar-refractivity contribution in [3.05, 3.63) is 65.5 Å². The summed E-state index contributed by atoms with van der Waals surface area (Å²) in [6.45, 7) is 6.83. The molecule has 2 aromatic rings. The van der Waals surface area contributed by atoms with Crippen LogP contribution in [-0.2, 0) is 11.8 Å². The molecule has 2 amide bonds. The molecule has 4 heteroatoms. The van der Waals surface area contributed by atoms with E-state index in [-0.39, 0.29) is 17.3 Å². The molecule has 0 unspecified atom stereocenters. The van der Waals surface area contributed by atoms with Crippen molar-refractivity contribution in [1.29, 1.82) is 0 Å². The van der Waals surface area contributed by atoms with Gasteiger partial charge in [0, 0.05) is 12.2 Å². The lowest BCUT2D eigenvalue weighted by atomic mass is 9.86. The minimum absolute atomic E-state index is 0.0437. The van der Waals surface area contributed by atoms with Crippen LogP contribution in [0.1, 0.15) is 31.9 Å². The Labute approximate surface area is 136 Å². The van der Waals surface area contributed by atoms with Gasteiger partial charge in [-0.25, -0.2) is 9.18 Å². The number of benzene rings is 2. The normalized spacial score (nSPS) is 11.1. The van der Waals surface area contributed by atoms with E-state index in [4.69, 9.17) is 0 Å². The average molecular weight is 314 g/mol. The van der Waals surface area contributed by atoms with Gasteiger partial charge in [0.25, 0.3) is 0 Å². The Morgan fingerprint density at radius 3 is 2.35 bits per heavy atom. The highest BCUT2D eigenvalue weighted by Crippen LogP contribution is 2.29. The number of carbonyl (C=O) groups is 1. The Morgan fingerprint density at radius 2 is 1.70 bits per heavy atom. The van der Waals surface area contributed by atoms with Crippen molar-refractivity contribution < 1.29 is 9.18 Å². The maximum absolute atomic E-state index is 12.8. The molecular formula is C19H23FN2O. The summed E-state index contributed by atoms with van der Waals surface area (Å²) in [4.78, 5) is 12.1. The molecule has 0 aliphatic rings. The van der Waals surface area contributed by atoms with Crippen LogP contribution in [-0.4, -0.2) is 12.6 Å². The molecule has 0 aliphatic carbocycles. The molecule has 0 fully saturated rings. The molecule has 0 radical (unpaired) electrons. The minimum Gasteiger partial charge on any atom is -0.338 e. The summed E-state index contributed by atoms with van der Waals surface area (Å²) in [6.07, 6.45) is 0.661. The molecule has 2 aromatic carbocycles. The molecule has 122 valence electrons. The van der Waals surface area contributed by atoms with Gasteiger partial charge in [0.05, 0.1) is 0 Å². The zero-order valence-electron chi connectivity index (χ0n) is 13.8. The monoisotopic (exact) mass is 314 g/mol. The molecule has 0 saturated heterocycles. The Hall–Kier alpha value is -2.36. The van der Waals surface area contributed by atoms with Crippen molar-refractivity contribution in [1.82, 2.24) is 5.32 Å². The largest absolute Gasteiger partial charge is 0.338 e. The van der Waals surface area contributed by atoms with Crippen molar-refractivity contribution in [2.45, 2.75) is 32.6 Å². The third-order valence-corrected chi connectivity index (χ3v) is 3.60. The van der Waals surface area contributed by atoms with Gasteiger partial charge in [-0.1, -0.05) is 51.1 Å². The summed E-state index contributed by atoms with van der Waals surface area (Å²) in [5, 5.41) is 5.73. The molecule has 2 N–H and O–H groups in total. The summed E-state index contributed by atoms with van der Waals surface area (Å²) in [5.41, 5.74) is 2.85. The van der Waals surface area contributed by atoms with E-state index in [0.717, 1.165) is 16.8 Å². The van der Waals surface area contributed by atoms with E-state index in [1.165, 1.54) is 12.1 Å². The smallest absolute Gasteiger partial charge is 0.319 e. The summed E-state index contributed by atoms with van der Waals surface area (Å²) in [6, 6.07) is 13.9. The highest BCUT2D eigenvalue weighted by Gasteiger charge is 2.18. The number of carbonyl (C=O) groups excluding carboxylic acids is 1. The summed E-state index contributed by atoms with van der Waals surface area (Å²) in [5.74, 6) is -0.252. The summed E-state index contributed by atoms with van der Waals surface area (Å²) in [7, 11) is 0. The third-order valence-electron chi connectivity index (χ3n) is 3.60. The second-order valence-electron chi connectivity index (χ2n) is 6.55. The van der Waals surface area contributed by atoms with Gasteiger partial charge in [0.2, 0.25) is 0 Å². The fraction of sp³-hybridized carbons (Fsp3) is 0.316. The maximum atomic E-state index is 12.8. The lowest BCUT2D eigenvalue weighted by Crippen LogP contribution is -2.31. The van der Waals surface area contributed by atoms with Crippen LogP contribution in [0.4, 0.5) is 14.9 Å². The molecule has 0 heterocycles. The van der Waals surface area contributed by atoms with Crippen molar-refractivity contribution in [2.75, 3.05) is 11.9 Å². The number of anilines is 1.